The van der Waals surface area contributed by atoms with E-state index in [1.807, 2.05) is 13.0 Å². The molecule has 2 aromatic heterocycles. The number of nitrogens with zero attached hydrogens (tertiary/aromatic N) is 1. The smallest absolute Gasteiger partial charge is 0.327 e. The van der Waals surface area contributed by atoms with Crippen LogP contribution in [0.25, 0.3) is 21.3 Å². The van der Waals surface area contributed by atoms with E-state index in [0.29, 0.717) is 35.1 Å². The van der Waals surface area contributed by atoms with Crippen LogP contribution in [-0.4, -0.2) is 36.3 Å². The van der Waals surface area contributed by atoms with Gasteiger partial charge in [0.2, 0.25) is 10.6 Å². The normalized spacial score (nSPS) is 12.9. The van der Waals surface area contributed by atoms with Crippen molar-refractivity contribution in [1.29, 1.82) is 0 Å². The minimum Gasteiger partial charge on any atom is -0.478 e. The molecule has 2 heterocycles. The predicted molar refractivity (Wildman–Crippen MR) is 146 cm³/mol. The fourth-order valence-electron chi connectivity index (χ4n) is 3.81. The van der Waals surface area contributed by atoms with Crippen molar-refractivity contribution < 1.29 is 18.7 Å². The van der Waals surface area contributed by atoms with Gasteiger partial charge in [-0.1, -0.05) is 49.5 Å². The van der Waals surface area contributed by atoms with Crippen molar-refractivity contribution in [2.75, 3.05) is 19.8 Å². The van der Waals surface area contributed by atoms with Gasteiger partial charge in [0.1, 0.15) is 16.2 Å². The number of nitrogens with two attached hydrogens (primary N) is 2. The number of hydrogen-bond donors (Lipinski definition) is 2. The van der Waals surface area contributed by atoms with E-state index in [4.69, 9.17) is 20.9 Å². The van der Waals surface area contributed by atoms with E-state index in [-0.39, 0.29) is 17.1 Å². The number of ether oxygens (including phenoxy) is 2. The summed E-state index contributed by atoms with van der Waals surface area (Å²) in [5.41, 5.74) is 12.0. The summed E-state index contributed by atoms with van der Waals surface area (Å²) in [6.45, 7) is 4.43. The monoisotopic (exact) mass is 529 g/mol. The Morgan fingerprint density at radius 1 is 1.00 bits per heavy atom. The first kappa shape index (κ1) is 28.7. The lowest BCUT2D eigenvalue weighted by Crippen LogP contribution is -2.52. The minimum atomic E-state index is -1.11. The first-order valence-electron chi connectivity index (χ1n) is 12.7. The van der Waals surface area contributed by atoms with Crippen LogP contribution in [0.4, 0.5) is 4.39 Å². The Hall–Kier alpha value is -2.88. The van der Waals surface area contributed by atoms with E-state index in [9.17, 15) is 14.0 Å². The van der Waals surface area contributed by atoms with Crippen LogP contribution < -0.4 is 20.9 Å². The van der Waals surface area contributed by atoms with Gasteiger partial charge >= 0.3 is 5.97 Å². The molecule has 4 N–H and O–H groups in total. The van der Waals surface area contributed by atoms with Gasteiger partial charge in [0.15, 0.2) is 0 Å². The van der Waals surface area contributed by atoms with Gasteiger partial charge in [-0.05, 0) is 62.1 Å². The maximum atomic E-state index is 13.7. The fourth-order valence-corrected chi connectivity index (χ4v) is 4.65. The van der Waals surface area contributed by atoms with Gasteiger partial charge in [-0.2, -0.15) is 0 Å². The van der Waals surface area contributed by atoms with Crippen LogP contribution in [0, 0.1) is 12.7 Å². The Morgan fingerprint density at radius 2 is 1.68 bits per heavy atom. The Balaban J connectivity index is 1.36. The predicted octanol–water partition coefficient (Wildman–Crippen LogP) is 5.10. The molecular weight excluding hydrogens is 493 g/mol. The molecular formula is C28H36FN3O4S. The summed E-state index contributed by atoms with van der Waals surface area (Å²) in [7, 11) is 0. The molecule has 3 rings (SSSR count). The minimum absolute atomic E-state index is 0.0622. The Bertz CT molecular complexity index is 1260. The maximum Gasteiger partial charge on any atom is 0.327 e. The fraction of sp³-hybridized carbons (Fsp3) is 0.464. The zero-order chi connectivity index (χ0) is 26.8. The summed E-state index contributed by atoms with van der Waals surface area (Å²) in [6, 6.07) is 9.92. The molecule has 0 saturated heterocycles. The number of rotatable bonds is 14. The number of hydrogen-bond acceptors (Lipinski definition) is 8. The van der Waals surface area contributed by atoms with E-state index < -0.39 is 11.5 Å². The summed E-state index contributed by atoms with van der Waals surface area (Å²) in [4.78, 5) is 29.5. The quantitative estimate of drug-likeness (QED) is 0.220. The van der Waals surface area contributed by atoms with Crippen molar-refractivity contribution in [2.24, 2.45) is 11.5 Å². The largest absolute Gasteiger partial charge is 0.478 e. The van der Waals surface area contributed by atoms with Crippen molar-refractivity contribution in [3.63, 3.8) is 0 Å². The van der Waals surface area contributed by atoms with Gasteiger partial charge in [-0.25, -0.2) is 9.37 Å². The molecule has 1 unspecified atom stereocenters. The highest BCUT2D eigenvalue weighted by molar-refractivity contribution is 7.16. The van der Waals surface area contributed by atoms with Gasteiger partial charge in [0, 0.05) is 23.6 Å². The molecule has 1 atom stereocenters. The molecule has 0 bridgehead atoms. The van der Waals surface area contributed by atoms with Crippen molar-refractivity contribution in [3.05, 3.63) is 57.3 Å². The number of benzene rings is 1. The summed E-state index contributed by atoms with van der Waals surface area (Å²) >= 11 is 1.05. The highest BCUT2D eigenvalue weighted by Gasteiger charge is 2.28. The van der Waals surface area contributed by atoms with Crippen LogP contribution in [0.1, 0.15) is 57.4 Å². The molecule has 7 nitrogen and oxygen atoms in total. The van der Waals surface area contributed by atoms with E-state index in [2.05, 4.69) is 4.98 Å². The first-order valence-corrected chi connectivity index (χ1v) is 13.5. The lowest BCUT2D eigenvalue weighted by molar-refractivity contribution is -0.149. The van der Waals surface area contributed by atoms with E-state index in [1.54, 1.807) is 25.1 Å². The van der Waals surface area contributed by atoms with Crippen LogP contribution in [0.2, 0.25) is 0 Å². The van der Waals surface area contributed by atoms with Crippen LogP contribution in [0.3, 0.4) is 0 Å². The molecule has 37 heavy (non-hydrogen) atoms. The number of aryl methyl sites for hydroxylation is 1. The van der Waals surface area contributed by atoms with Crippen LogP contribution in [0.15, 0.2) is 41.2 Å². The number of halogens is 1. The zero-order valence-electron chi connectivity index (χ0n) is 21.6. The summed E-state index contributed by atoms with van der Waals surface area (Å²) < 4.78 is 24.5. The highest BCUT2D eigenvalue weighted by Crippen LogP contribution is 2.27. The molecule has 9 heteroatoms. The summed E-state index contributed by atoms with van der Waals surface area (Å²) in [5.74, 6) is -0.321. The number of pyridine rings is 1. The highest BCUT2D eigenvalue weighted by atomic mass is 32.1. The first-order chi connectivity index (χ1) is 17.7. The Kier molecular flexibility index (Phi) is 10.5. The van der Waals surface area contributed by atoms with Crippen LogP contribution in [-0.2, 0) is 9.53 Å². The molecule has 3 aromatic rings. The molecule has 1 aromatic carbocycles. The molecule has 0 radical (unpaired) electrons. The summed E-state index contributed by atoms with van der Waals surface area (Å²) in [6.07, 6.45) is 7.08. The van der Waals surface area contributed by atoms with Crippen molar-refractivity contribution >= 4 is 27.5 Å². The third-order valence-electron chi connectivity index (χ3n) is 6.23. The second-order valence-corrected chi connectivity index (χ2v) is 10.5. The Labute approximate surface area is 221 Å². The molecule has 0 aliphatic heterocycles. The van der Waals surface area contributed by atoms with Crippen LogP contribution >= 0.6 is 11.3 Å². The third kappa shape index (κ3) is 8.31. The van der Waals surface area contributed by atoms with E-state index in [1.165, 1.54) is 12.1 Å². The van der Waals surface area contributed by atoms with Crippen molar-refractivity contribution in [1.82, 2.24) is 4.98 Å². The third-order valence-corrected chi connectivity index (χ3v) is 7.15. The van der Waals surface area contributed by atoms with Gasteiger partial charge in [0.25, 0.3) is 0 Å². The topological polar surface area (TPSA) is 118 Å². The number of unbranched alkanes of at least 4 members (excludes halogenated alkanes) is 6. The van der Waals surface area contributed by atoms with Gasteiger partial charge in [-0.3, -0.25) is 9.59 Å². The van der Waals surface area contributed by atoms with E-state index in [0.717, 1.165) is 67.2 Å². The second kappa shape index (κ2) is 13.6. The summed E-state index contributed by atoms with van der Waals surface area (Å²) in [5, 5.41) is 0.821. The lowest BCUT2D eigenvalue weighted by Gasteiger charge is -2.19. The molecule has 0 saturated carbocycles. The number of esters is 1. The van der Waals surface area contributed by atoms with Gasteiger partial charge in [-0.15, -0.1) is 0 Å². The van der Waals surface area contributed by atoms with E-state index >= 15 is 0 Å². The number of carbonyl (C=O) groups is 1. The molecule has 0 aliphatic carbocycles. The average molecular weight is 530 g/mol. The van der Waals surface area contributed by atoms with Crippen molar-refractivity contribution in [2.45, 2.75) is 64.3 Å². The number of aromatic nitrogens is 1. The van der Waals surface area contributed by atoms with Crippen LogP contribution in [0.5, 0.6) is 5.88 Å². The number of carbonyl (C=O) groups excluding carboxylic acids is 1. The zero-order valence-corrected chi connectivity index (χ0v) is 22.4. The molecule has 200 valence electrons. The SMILES string of the molecule is Cc1ccc(F)cc1-c1cc2ccc(OCCCCCCCCCOC(=O)C(C)(N)CN)nc2sc1=O. The van der Waals surface area contributed by atoms with Gasteiger partial charge in [0.05, 0.1) is 13.2 Å². The average Bonchev–Trinajstić information content (AvgIpc) is 2.88. The Morgan fingerprint density at radius 3 is 2.38 bits per heavy atom. The molecule has 0 aliphatic rings. The molecule has 0 fully saturated rings. The second-order valence-electron chi connectivity index (χ2n) is 9.53. The molecule has 0 amide bonds. The van der Waals surface area contributed by atoms with Gasteiger partial charge < -0.3 is 20.9 Å². The number of fused-ring (bicyclic) bond motifs is 1. The maximum absolute atomic E-state index is 13.7. The molecule has 0 spiro atoms. The standard InChI is InChI=1S/C28H36FN3O4S/c1-19-10-12-21(29)17-22(19)23-16-20-11-13-24(32-25(20)37-26(23)33)35-14-8-6-4-3-5-7-9-15-36-27(34)28(2,31)18-30/h10-13,16-17H,3-9,14-15,18,30-31H2,1-2H3. The lowest BCUT2D eigenvalue weighted by atomic mass is 10.0. The van der Waals surface area contributed by atoms with Crippen molar-refractivity contribution in [3.8, 4) is 17.0 Å².